The number of benzene rings is 1. The van der Waals surface area contributed by atoms with Gasteiger partial charge in [-0.25, -0.2) is 0 Å². The molecule has 4 unspecified atom stereocenters. The Hall–Kier alpha value is -0.380. The van der Waals surface area contributed by atoms with E-state index in [2.05, 4.69) is 60.3 Å². The van der Waals surface area contributed by atoms with Crippen LogP contribution in [0.1, 0.15) is 50.3 Å². The average molecular weight is 325 g/mol. The van der Waals surface area contributed by atoms with Crippen molar-refractivity contribution in [3.05, 3.63) is 33.8 Å². The predicted octanol–water partition coefficient (Wildman–Crippen LogP) is 4.33. The van der Waals surface area contributed by atoms with Crippen molar-refractivity contribution in [1.29, 1.82) is 0 Å². The van der Waals surface area contributed by atoms with Crippen molar-refractivity contribution in [2.45, 2.75) is 46.1 Å². The van der Waals surface area contributed by atoms with E-state index in [0.29, 0.717) is 5.92 Å². The molecule has 0 radical (unpaired) electrons. The van der Waals surface area contributed by atoms with Crippen molar-refractivity contribution in [2.24, 2.45) is 23.6 Å². The van der Waals surface area contributed by atoms with Crippen molar-refractivity contribution >= 4 is 15.9 Å². The molecule has 0 aliphatic heterocycles. The number of rotatable bonds is 3. The summed E-state index contributed by atoms with van der Waals surface area (Å²) < 4.78 is 1.17. The van der Waals surface area contributed by atoms with Gasteiger partial charge in [-0.15, -0.1) is 0 Å². The Bertz CT molecular complexity index is 433. The molecule has 3 N–H and O–H groups in total. The van der Waals surface area contributed by atoms with E-state index in [1.165, 1.54) is 34.9 Å². The number of halogens is 1. The number of hydrazine groups is 1. The molecule has 0 amide bonds. The van der Waals surface area contributed by atoms with Gasteiger partial charge in [0.05, 0.1) is 0 Å². The first-order valence-corrected chi connectivity index (χ1v) is 8.04. The molecule has 1 aliphatic rings. The number of nitrogens with two attached hydrogens (primary N) is 1. The molecule has 1 aliphatic carbocycles. The zero-order valence-electron chi connectivity index (χ0n) is 12.1. The minimum Gasteiger partial charge on any atom is -0.271 e. The third kappa shape index (κ3) is 3.39. The lowest BCUT2D eigenvalue weighted by Gasteiger charge is -2.36. The molecule has 3 heteroatoms. The van der Waals surface area contributed by atoms with E-state index >= 15 is 0 Å². The van der Waals surface area contributed by atoms with Gasteiger partial charge in [-0.3, -0.25) is 11.3 Å². The summed E-state index contributed by atoms with van der Waals surface area (Å²) in [4.78, 5) is 0. The van der Waals surface area contributed by atoms with Gasteiger partial charge < -0.3 is 0 Å². The van der Waals surface area contributed by atoms with E-state index in [-0.39, 0.29) is 6.04 Å². The number of hydrogen-bond acceptors (Lipinski definition) is 2. The predicted molar refractivity (Wildman–Crippen MR) is 84.6 cm³/mol. The van der Waals surface area contributed by atoms with Gasteiger partial charge >= 0.3 is 0 Å². The van der Waals surface area contributed by atoms with Crippen LogP contribution in [0.2, 0.25) is 0 Å². The smallest absolute Gasteiger partial charge is 0.0488 e. The highest BCUT2D eigenvalue weighted by molar-refractivity contribution is 9.10. The van der Waals surface area contributed by atoms with Crippen molar-refractivity contribution in [1.82, 2.24) is 5.43 Å². The Morgan fingerprint density at radius 1 is 1.26 bits per heavy atom. The van der Waals surface area contributed by atoms with E-state index in [4.69, 9.17) is 5.84 Å². The van der Waals surface area contributed by atoms with Gasteiger partial charge in [0.1, 0.15) is 0 Å². The van der Waals surface area contributed by atoms with Crippen LogP contribution in [0.4, 0.5) is 0 Å². The topological polar surface area (TPSA) is 38.0 Å². The van der Waals surface area contributed by atoms with Gasteiger partial charge in [0.2, 0.25) is 0 Å². The maximum absolute atomic E-state index is 5.84. The van der Waals surface area contributed by atoms with E-state index in [9.17, 15) is 0 Å². The zero-order valence-corrected chi connectivity index (χ0v) is 13.7. The Labute approximate surface area is 125 Å². The molecule has 1 aromatic carbocycles. The normalized spacial score (nSPS) is 29.2. The fraction of sp³-hybridized carbons (Fsp3) is 0.625. The van der Waals surface area contributed by atoms with Crippen molar-refractivity contribution < 1.29 is 0 Å². The van der Waals surface area contributed by atoms with Crippen LogP contribution in [-0.4, -0.2) is 0 Å². The molecule has 2 nitrogen and oxygen atoms in total. The number of nitrogens with one attached hydrogen (secondary N) is 1. The standard InChI is InChI=1S/C16H25BrN2/c1-10-4-6-13(8-12(10)3)16(19-18)14-7-5-11(2)15(17)9-14/h5,7,9-10,12-13,16,19H,4,6,8,18H2,1-3H3. The fourth-order valence-electron chi connectivity index (χ4n) is 3.20. The SMILES string of the molecule is Cc1ccc(C(NN)C2CCC(C)C(C)C2)cc1Br. The van der Waals surface area contributed by atoms with Crippen molar-refractivity contribution in [2.75, 3.05) is 0 Å². The summed E-state index contributed by atoms with van der Waals surface area (Å²) in [5.74, 6) is 8.12. The molecule has 1 saturated carbocycles. The van der Waals surface area contributed by atoms with Gasteiger partial charge in [-0.2, -0.15) is 0 Å². The second kappa shape index (κ2) is 6.38. The van der Waals surface area contributed by atoms with E-state index in [1.807, 2.05) is 0 Å². The highest BCUT2D eigenvalue weighted by Crippen LogP contribution is 2.40. The van der Waals surface area contributed by atoms with Gasteiger partial charge in [0, 0.05) is 10.5 Å². The largest absolute Gasteiger partial charge is 0.271 e. The summed E-state index contributed by atoms with van der Waals surface area (Å²) in [5, 5.41) is 0. The summed E-state index contributed by atoms with van der Waals surface area (Å²) in [5.41, 5.74) is 5.62. The first-order chi connectivity index (χ1) is 9.02. The van der Waals surface area contributed by atoms with Crippen LogP contribution < -0.4 is 11.3 Å². The molecule has 4 atom stereocenters. The third-order valence-corrected chi connectivity index (χ3v) is 5.70. The quantitative estimate of drug-likeness (QED) is 0.641. The Kier molecular flexibility index (Phi) is 5.04. The molecule has 2 rings (SSSR count). The van der Waals surface area contributed by atoms with Crippen LogP contribution in [0.5, 0.6) is 0 Å². The summed E-state index contributed by atoms with van der Waals surface area (Å²) in [6.07, 6.45) is 3.85. The fourth-order valence-corrected chi connectivity index (χ4v) is 3.60. The lowest BCUT2D eigenvalue weighted by Crippen LogP contribution is -2.36. The van der Waals surface area contributed by atoms with Gasteiger partial charge in [-0.1, -0.05) is 48.3 Å². The monoisotopic (exact) mass is 324 g/mol. The Morgan fingerprint density at radius 2 is 2.00 bits per heavy atom. The minimum atomic E-state index is 0.270. The van der Waals surface area contributed by atoms with Crippen LogP contribution in [0.25, 0.3) is 0 Å². The molecular weight excluding hydrogens is 300 g/mol. The summed E-state index contributed by atoms with van der Waals surface area (Å²) in [6, 6.07) is 6.85. The van der Waals surface area contributed by atoms with Crippen molar-refractivity contribution in [3.63, 3.8) is 0 Å². The lowest BCUT2D eigenvalue weighted by atomic mass is 9.72. The molecule has 106 valence electrons. The van der Waals surface area contributed by atoms with Crippen LogP contribution >= 0.6 is 15.9 Å². The maximum Gasteiger partial charge on any atom is 0.0488 e. The maximum atomic E-state index is 5.84. The van der Waals surface area contributed by atoms with Crippen molar-refractivity contribution in [3.8, 4) is 0 Å². The second-order valence-electron chi connectivity index (χ2n) is 6.18. The van der Waals surface area contributed by atoms with Crippen LogP contribution in [0.3, 0.4) is 0 Å². The first kappa shape index (κ1) is 15.0. The molecule has 1 aromatic rings. The van der Waals surface area contributed by atoms with E-state index in [1.54, 1.807) is 0 Å². The molecule has 0 aromatic heterocycles. The molecule has 19 heavy (non-hydrogen) atoms. The molecule has 0 bridgehead atoms. The Morgan fingerprint density at radius 3 is 2.58 bits per heavy atom. The zero-order chi connectivity index (χ0) is 14.0. The summed E-state index contributed by atoms with van der Waals surface area (Å²) in [7, 11) is 0. The highest BCUT2D eigenvalue weighted by Gasteiger charge is 2.30. The summed E-state index contributed by atoms with van der Waals surface area (Å²) in [6.45, 7) is 6.85. The molecule has 0 heterocycles. The number of aryl methyl sites for hydroxylation is 1. The van der Waals surface area contributed by atoms with Crippen LogP contribution in [-0.2, 0) is 0 Å². The Balaban J connectivity index is 2.17. The van der Waals surface area contributed by atoms with Crippen LogP contribution in [0, 0.1) is 24.7 Å². The number of hydrogen-bond donors (Lipinski definition) is 2. The average Bonchev–Trinajstić information content (AvgIpc) is 2.39. The van der Waals surface area contributed by atoms with Gasteiger partial charge in [0.25, 0.3) is 0 Å². The van der Waals surface area contributed by atoms with E-state index < -0.39 is 0 Å². The van der Waals surface area contributed by atoms with E-state index in [0.717, 1.165) is 11.8 Å². The van der Waals surface area contributed by atoms with Crippen LogP contribution in [0.15, 0.2) is 22.7 Å². The lowest BCUT2D eigenvalue weighted by molar-refractivity contribution is 0.171. The minimum absolute atomic E-state index is 0.270. The van der Waals surface area contributed by atoms with Gasteiger partial charge in [0.15, 0.2) is 0 Å². The highest BCUT2D eigenvalue weighted by atomic mass is 79.9. The molecule has 0 spiro atoms. The third-order valence-electron chi connectivity index (χ3n) is 4.84. The van der Waals surface area contributed by atoms with Gasteiger partial charge in [-0.05, 0) is 54.7 Å². The first-order valence-electron chi connectivity index (χ1n) is 7.25. The summed E-state index contributed by atoms with van der Waals surface area (Å²) >= 11 is 3.62. The second-order valence-corrected chi connectivity index (χ2v) is 7.03. The molecule has 0 saturated heterocycles. The molecule has 1 fully saturated rings. The molecular formula is C16H25BrN2.